The van der Waals surface area contributed by atoms with E-state index in [1.54, 1.807) is 6.08 Å². The van der Waals surface area contributed by atoms with Crippen LogP contribution in [0.25, 0.3) is 0 Å². The second-order valence-electron chi connectivity index (χ2n) is 7.73. The maximum atomic E-state index is 12.0. The second-order valence-corrected chi connectivity index (χ2v) is 7.73. The Hall–Kier alpha value is -2.71. The van der Waals surface area contributed by atoms with E-state index in [0.717, 1.165) is 17.5 Å². The minimum Gasteiger partial charge on any atom is -0.461 e. The van der Waals surface area contributed by atoms with Crippen molar-refractivity contribution in [1.29, 1.82) is 0 Å². The Kier molecular flexibility index (Phi) is 9.68. The first kappa shape index (κ1) is 24.6. The summed E-state index contributed by atoms with van der Waals surface area (Å²) < 4.78 is 5.42. The summed E-state index contributed by atoms with van der Waals surface area (Å²) in [7, 11) is 0. The quantitative estimate of drug-likeness (QED) is 0.210. The zero-order valence-corrected chi connectivity index (χ0v) is 17.9. The van der Waals surface area contributed by atoms with Crippen molar-refractivity contribution >= 4 is 23.9 Å². The first-order valence-corrected chi connectivity index (χ1v) is 10.6. The van der Waals surface area contributed by atoms with Crippen molar-refractivity contribution in [2.45, 2.75) is 69.9 Å². The fourth-order valence-electron chi connectivity index (χ4n) is 3.85. The van der Waals surface area contributed by atoms with Gasteiger partial charge in [0.15, 0.2) is 0 Å². The lowest BCUT2D eigenvalue weighted by molar-refractivity contribution is -0.145. The molecule has 1 saturated heterocycles. The molecule has 170 valence electrons. The number of aliphatic hydroxyl groups is 2. The lowest BCUT2D eigenvalue weighted by Crippen LogP contribution is -2.65. The molecule has 1 aliphatic heterocycles. The summed E-state index contributed by atoms with van der Waals surface area (Å²) in [5.41, 5.74) is 1.51. The number of anilines is 1. The highest BCUT2D eigenvalue weighted by molar-refractivity contribution is 5.73. The van der Waals surface area contributed by atoms with Crippen LogP contribution in [0.3, 0.4) is 0 Å². The van der Waals surface area contributed by atoms with Gasteiger partial charge in [0.25, 0.3) is 0 Å². The molecule has 1 amide bonds. The lowest BCUT2D eigenvalue weighted by atomic mass is 9.89. The van der Waals surface area contributed by atoms with Gasteiger partial charge in [0.1, 0.15) is 25.1 Å². The minimum atomic E-state index is -1.11. The molecule has 0 radical (unpaired) electrons. The zero-order chi connectivity index (χ0) is 22.8. The second kappa shape index (κ2) is 12.2. The summed E-state index contributed by atoms with van der Waals surface area (Å²) in [4.78, 5) is 35.9. The molecule has 3 N–H and O–H groups in total. The molecule has 1 aromatic rings. The van der Waals surface area contributed by atoms with Crippen LogP contribution in [0.5, 0.6) is 0 Å². The van der Waals surface area contributed by atoms with E-state index >= 15 is 0 Å². The van der Waals surface area contributed by atoms with Gasteiger partial charge in [-0.2, -0.15) is 0 Å². The molecule has 1 aromatic carbocycles. The predicted molar refractivity (Wildman–Crippen MR) is 116 cm³/mol. The van der Waals surface area contributed by atoms with Gasteiger partial charge >= 0.3 is 5.97 Å². The monoisotopic (exact) mass is 432 g/mol. The van der Waals surface area contributed by atoms with Crippen LogP contribution in [0, 0.1) is 0 Å². The van der Waals surface area contributed by atoms with Gasteiger partial charge in [-0.25, -0.2) is 0 Å². The molecule has 8 heteroatoms. The SMILES string of the molecule is C=CC[C@H]1[C@H](O)[C@H](O)[C@@H](NC(C)=O)CN1c1ccccc1COC(=O)CCCCC=O. The molecule has 2 rings (SSSR count). The first-order valence-electron chi connectivity index (χ1n) is 10.6. The van der Waals surface area contributed by atoms with E-state index in [4.69, 9.17) is 4.74 Å². The number of carbonyl (C=O) groups excluding carboxylic acids is 3. The van der Waals surface area contributed by atoms with Gasteiger partial charge in [0.05, 0.1) is 12.1 Å². The molecule has 1 aliphatic rings. The van der Waals surface area contributed by atoms with E-state index in [0.29, 0.717) is 25.7 Å². The number of piperidine rings is 1. The van der Waals surface area contributed by atoms with E-state index in [-0.39, 0.29) is 31.4 Å². The number of nitrogens with one attached hydrogen (secondary N) is 1. The summed E-state index contributed by atoms with van der Waals surface area (Å²) in [6, 6.07) is 6.28. The standard InChI is InChI=1S/C23H32N2O6/c1-3-9-20-23(30)22(29)18(24-16(2)27)14-25(20)19-11-7-6-10-17(19)15-31-21(28)12-5-4-8-13-26/h3,6-7,10-11,13,18,20,22-23,29-30H,1,4-5,8-9,12,14-15H2,2H3,(H,24,27)/t18-,20-,22+,23-/m0/s1. The Morgan fingerprint density at radius 1 is 1.26 bits per heavy atom. The number of carbonyl (C=O) groups is 3. The molecule has 1 fully saturated rings. The molecule has 0 bridgehead atoms. The number of ether oxygens (including phenoxy) is 1. The molecule has 8 nitrogen and oxygen atoms in total. The number of aliphatic hydroxyl groups excluding tert-OH is 2. The third-order valence-electron chi connectivity index (χ3n) is 5.39. The highest BCUT2D eigenvalue weighted by atomic mass is 16.5. The molecule has 0 unspecified atom stereocenters. The van der Waals surface area contributed by atoms with Crippen molar-refractivity contribution in [3.63, 3.8) is 0 Å². The van der Waals surface area contributed by atoms with Gasteiger partial charge in [0, 0.05) is 37.6 Å². The largest absolute Gasteiger partial charge is 0.461 e. The van der Waals surface area contributed by atoms with Gasteiger partial charge in [-0.15, -0.1) is 6.58 Å². The summed E-state index contributed by atoms with van der Waals surface area (Å²) in [5.74, 6) is -0.635. The Labute approximate surface area is 182 Å². The summed E-state index contributed by atoms with van der Waals surface area (Å²) in [5, 5.41) is 23.9. The zero-order valence-electron chi connectivity index (χ0n) is 17.9. The third kappa shape index (κ3) is 6.90. The van der Waals surface area contributed by atoms with Crippen LogP contribution in [0.4, 0.5) is 5.69 Å². The smallest absolute Gasteiger partial charge is 0.306 e. The predicted octanol–water partition coefficient (Wildman–Crippen LogP) is 1.48. The molecule has 0 aliphatic carbocycles. The van der Waals surface area contributed by atoms with Gasteiger partial charge < -0.3 is 30.0 Å². The topological polar surface area (TPSA) is 116 Å². The van der Waals surface area contributed by atoms with Crippen molar-refractivity contribution in [2.24, 2.45) is 0 Å². The number of unbranched alkanes of at least 4 members (excludes halogenated alkanes) is 2. The number of rotatable bonds is 11. The summed E-state index contributed by atoms with van der Waals surface area (Å²) in [6.07, 6.45) is 2.64. The number of para-hydroxylation sites is 1. The van der Waals surface area contributed by atoms with Gasteiger partial charge in [-0.1, -0.05) is 24.3 Å². The van der Waals surface area contributed by atoms with Crippen molar-refractivity contribution < 1.29 is 29.3 Å². The van der Waals surface area contributed by atoms with Crippen LogP contribution in [0.2, 0.25) is 0 Å². The maximum absolute atomic E-state index is 12.0. The Bertz CT molecular complexity index is 768. The number of benzene rings is 1. The van der Waals surface area contributed by atoms with Gasteiger partial charge in [0.2, 0.25) is 5.91 Å². The molecule has 4 atom stereocenters. The number of esters is 1. The molecular formula is C23H32N2O6. The Balaban J connectivity index is 2.18. The fraction of sp³-hybridized carbons (Fsp3) is 0.522. The highest BCUT2D eigenvalue weighted by Crippen LogP contribution is 2.31. The molecule has 0 spiro atoms. The van der Waals surface area contributed by atoms with Gasteiger partial charge in [-0.3, -0.25) is 9.59 Å². The van der Waals surface area contributed by atoms with Crippen LogP contribution in [0.1, 0.15) is 44.6 Å². The number of hydrogen-bond acceptors (Lipinski definition) is 7. The van der Waals surface area contributed by atoms with Crippen LogP contribution >= 0.6 is 0 Å². The van der Waals surface area contributed by atoms with Crippen LogP contribution in [-0.2, 0) is 25.7 Å². The van der Waals surface area contributed by atoms with E-state index in [2.05, 4.69) is 11.9 Å². The van der Waals surface area contributed by atoms with E-state index in [9.17, 15) is 24.6 Å². The van der Waals surface area contributed by atoms with Crippen molar-refractivity contribution in [1.82, 2.24) is 5.32 Å². The van der Waals surface area contributed by atoms with Crippen molar-refractivity contribution in [3.05, 3.63) is 42.5 Å². The van der Waals surface area contributed by atoms with Crippen molar-refractivity contribution in [2.75, 3.05) is 11.4 Å². The third-order valence-corrected chi connectivity index (χ3v) is 5.39. The molecule has 0 aromatic heterocycles. The fourth-order valence-corrected chi connectivity index (χ4v) is 3.85. The summed E-state index contributed by atoms with van der Waals surface area (Å²) >= 11 is 0. The lowest BCUT2D eigenvalue weighted by Gasteiger charge is -2.47. The summed E-state index contributed by atoms with van der Waals surface area (Å²) in [6.45, 7) is 5.46. The number of amides is 1. The average Bonchev–Trinajstić information content (AvgIpc) is 2.75. The average molecular weight is 433 g/mol. The molecular weight excluding hydrogens is 400 g/mol. The highest BCUT2D eigenvalue weighted by Gasteiger charge is 2.42. The number of hydrogen-bond donors (Lipinski definition) is 3. The first-order chi connectivity index (χ1) is 14.9. The maximum Gasteiger partial charge on any atom is 0.306 e. The van der Waals surface area contributed by atoms with E-state index < -0.39 is 24.3 Å². The number of aldehydes is 1. The number of nitrogens with zero attached hydrogens (tertiary/aromatic N) is 1. The minimum absolute atomic E-state index is 0.0590. The van der Waals surface area contributed by atoms with Crippen LogP contribution in [-0.4, -0.2) is 59.2 Å². The van der Waals surface area contributed by atoms with Crippen LogP contribution < -0.4 is 10.2 Å². The molecule has 0 saturated carbocycles. The normalized spacial score (nSPS) is 23.1. The van der Waals surface area contributed by atoms with E-state index in [1.807, 2.05) is 29.2 Å². The van der Waals surface area contributed by atoms with E-state index in [1.165, 1.54) is 6.92 Å². The van der Waals surface area contributed by atoms with Crippen molar-refractivity contribution in [3.8, 4) is 0 Å². The molecule has 31 heavy (non-hydrogen) atoms. The van der Waals surface area contributed by atoms with Gasteiger partial charge in [-0.05, 0) is 25.3 Å². The molecule has 1 heterocycles. The van der Waals surface area contributed by atoms with Crippen LogP contribution in [0.15, 0.2) is 36.9 Å². The Morgan fingerprint density at radius 3 is 2.68 bits per heavy atom. The Morgan fingerprint density at radius 2 is 2.00 bits per heavy atom.